The summed E-state index contributed by atoms with van der Waals surface area (Å²) >= 11 is 0. The number of nitrogens with one attached hydrogen (secondary N) is 1. The predicted molar refractivity (Wildman–Crippen MR) is 115 cm³/mol. The standard InChI is InChI=1S/C24H27N3O3/c28-24(19-9-1-4-12-22(19)30-16-18-8-6-14-29-18)27-13-5-7-17(15-27)23-25-20-10-2-3-11-21(20)26-23/h1-4,9-12,17-18H,5-8,13-16H2,(H,25,26)/t17-,18+/m0/s1. The molecular formula is C24H27N3O3. The van der Waals surface area contributed by atoms with Crippen molar-refractivity contribution in [2.45, 2.75) is 37.7 Å². The Hall–Kier alpha value is -2.86. The van der Waals surface area contributed by atoms with Gasteiger partial charge in [0.25, 0.3) is 5.91 Å². The molecule has 1 amide bonds. The zero-order valence-corrected chi connectivity index (χ0v) is 17.0. The van der Waals surface area contributed by atoms with Gasteiger partial charge in [0.15, 0.2) is 0 Å². The number of aromatic nitrogens is 2. The van der Waals surface area contributed by atoms with Crippen LogP contribution in [0.1, 0.15) is 47.8 Å². The minimum Gasteiger partial charge on any atom is -0.490 e. The van der Waals surface area contributed by atoms with Crippen LogP contribution in [0.3, 0.4) is 0 Å². The third-order valence-electron chi connectivity index (χ3n) is 6.07. The second-order valence-corrected chi connectivity index (χ2v) is 8.17. The van der Waals surface area contributed by atoms with Crippen molar-refractivity contribution in [3.63, 3.8) is 0 Å². The molecule has 2 aliphatic rings. The van der Waals surface area contributed by atoms with Crippen molar-refractivity contribution in [2.24, 2.45) is 0 Å². The molecule has 2 saturated heterocycles. The molecule has 6 nitrogen and oxygen atoms in total. The van der Waals surface area contributed by atoms with Crippen LogP contribution in [0.4, 0.5) is 0 Å². The molecule has 1 N–H and O–H groups in total. The number of nitrogens with zero attached hydrogens (tertiary/aromatic N) is 2. The number of amides is 1. The van der Waals surface area contributed by atoms with Gasteiger partial charge in [0.2, 0.25) is 0 Å². The molecule has 2 fully saturated rings. The van der Waals surface area contributed by atoms with Gasteiger partial charge in [-0.2, -0.15) is 0 Å². The average Bonchev–Trinajstić information content (AvgIpc) is 3.47. The van der Waals surface area contributed by atoms with Crippen LogP contribution in [0.5, 0.6) is 5.75 Å². The molecule has 2 aromatic carbocycles. The van der Waals surface area contributed by atoms with Gasteiger partial charge >= 0.3 is 0 Å². The number of carbonyl (C=O) groups is 1. The monoisotopic (exact) mass is 405 g/mol. The molecule has 3 aromatic rings. The van der Waals surface area contributed by atoms with Gasteiger partial charge in [-0.3, -0.25) is 4.79 Å². The first-order valence-electron chi connectivity index (χ1n) is 10.9. The lowest BCUT2D eigenvalue weighted by Crippen LogP contribution is -2.39. The highest BCUT2D eigenvalue weighted by Gasteiger charge is 2.29. The first-order chi connectivity index (χ1) is 14.8. The van der Waals surface area contributed by atoms with E-state index in [0.29, 0.717) is 24.5 Å². The molecule has 30 heavy (non-hydrogen) atoms. The van der Waals surface area contributed by atoms with E-state index in [0.717, 1.165) is 55.7 Å². The van der Waals surface area contributed by atoms with E-state index in [4.69, 9.17) is 14.5 Å². The van der Waals surface area contributed by atoms with Crippen LogP contribution in [0, 0.1) is 0 Å². The van der Waals surface area contributed by atoms with Gasteiger partial charge in [-0.15, -0.1) is 0 Å². The Morgan fingerprint density at radius 1 is 1.13 bits per heavy atom. The van der Waals surface area contributed by atoms with Crippen LogP contribution >= 0.6 is 0 Å². The number of likely N-dealkylation sites (tertiary alicyclic amines) is 1. The third kappa shape index (κ3) is 3.92. The fraction of sp³-hybridized carbons (Fsp3) is 0.417. The number of para-hydroxylation sites is 3. The first-order valence-corrected chi connectivity index (χ1v) is 10.9. The highest BCUT2D eigenvalue weighted by atomic mass is 16.5. The number of hydrogen-bond donors (Lipinski definition) is 1. The summed E-state index contributed by atoms with van der Waals surface area (Å²) in [5, 5.41) is 0. The normalized spacial score (nSPS) is 21.8. The van der Waals surface area contributed by atoms with Crippen molar-refractivity contribution in [2.75, 3.05) is 26.3 Å². The lowest BCUT2D eigenvalue weighted by molar-refractivity contribution is 0.0635. The van der Waals surface area contributed by atoms with Gasteiger partial charge in [0.05, 0.1) is 22.7 Å². The number of ether oxygens (including phenoxy) is 2. The van der Waals surface area contributed by atoms with Crippen LogP contribution in [-0.4, -0.2) is 53.2 Å². The summed E-state index contributed by atoms with van der Waals surface area (Å²) in [4.78, 5) is 23.5. The summed E-state index contributed by atoms with van der Waals surface area (Å²) in [7, 11) is 0. The zero-order valence-electron chi connectivity index (χ0n) is 17.0. The molecule has 0 radical (unpaired) electrons. The number of hydrogen-bond acceptors (Lipinski definition) is 4. The van der Waals surface area contributed by atoms with Crippen molar-refractivity contribution < 1.29 is 14.3 Å². The second-order valence-electron chi connectivity index (χ2n) is 8.17. The lowest BCUT2D eigenvalue weighted by Gasteiger charge is -2.32. The molecular weight excluding hydrogens is 378 g/mol. The summed E-state index contributed by atoms with van der Waals surface area (Å²) < 4.78 is 11.6. The minimum absolute atomic E-state index is 0.0266. The Morgan fingerprint density at radius 2 is 2.00 bits per heavy atom. The van der Waals surface area contributed by atoms with E-state index in [2.05, 4.69) is 4.98 Å². The fourth-order valence-electron chi connectivity index (χ4n) is 4.45. The molecule has 6 heteroatoms. The fourth-order valence-corrected chi connectivity index (χ4v) is 4.45. The zero-order chi connectivity index (χ0) is 20.3. The third-order valence-corrected chi connectivity index (χ3v) is 6.07. The van der Waals surface area contributed by atoms with E-state index < -0.39 is 0 Å². The summed E-state index contributed by atoms with van der Waals surface area (Å²) in [5.74, 6) is 1.86. The van der Waals surface area contributed by atoms with Gasteiger partial charge in [0.1, 0.15) is 18.2 Å². The van der Waals surface area contributed by atoms with Crippen molar-refractivity contribution in [3.05, 3.63) is 59.9 Å². The van der Waals surface area contributed by atoms with Crippen molar-refractivity contribution >= 4 is 16.9 Å². The quantitative estimate of drug-likeness (QED) is 0.693. The summed E-state index contributed by atoms with van der Waals surface area (Å²) in [6.07, 6.45) is 4.21. The van der Waals surface area contributed by atoms with Gasteiger partial charge in [-0.05, 0) is 49.9 Å². The molecule has 5 rings (SSSR count). The maximum absolute atomic E-state index is 13.3. The number of aromatic amines is 1. The number of carbonyl (C=O) groups excluding carboxylic acids is 1. The second kappa shape index (κ2) is 8.48. The van der Waals surface area contributed by atoms with E-state index >= 15 is 0 Å². The molecule has 156 valence electrons. The summed E-state index contributed by atoms with van der Waals surface area (Å²) in [5.41, 5.74) is 2.65. The molecule has 1 aromatic heterocycles. The van der Waals surface area contributed by atoms with Crippen molar-refractivity contribution in [3.8, 4) is 5.75 Å². The number of imidazole rings is 1. The molecule has 2 aliphatic heterocycles. The predicted octanol–water partition coefficient (Wildman–Crippen LogP) is 4.14. The molecule has 3 heterocycles. The van der Waals surface area contributed by atoms with Gasteiger partial charge < -0.3 is 19.4 Å². The molecule has 0 bridgehead atoms. The molecule has 0 aliphatic carbocycles. The molecule has 0 unspecified atom stereocenters. The van der Waals surface area contributed by atoms with Crippen LogP contribution in [0.2, 0.25) is 0 Å². The number of piperidine rings is 1. The highest BCUT2D eigenvalue weighted by Crippen LogP contribution is 2.29. The van der Waals surface area contributed by atoms with Crippen LogP contribution in [0.25, 0.3) is 11.0 Å². The minimum atomic E-state index is 0.0266. The maximum atomic E-state index is 13.3. The van der Waals surface area contributed by atoms with Crippen LogP contribution in [-0.2, 0) is 4.74 Å². The SMILES string of the molecule is O=C(c1ccccc1OC[C@H]1CCCO1)N1CCC[C@H](c2nc3ccccc3[nH]2)C1. The van der Waals surface area contributed by atoms with Crippen LogP contribution < -0.4 is 4.74 Å². The number of H-pyrrole nitrogens is 1. The van der Waals surface area contributed by atoms with Gasteiger partial charge in [-0.1, -0.05) is 24.3 Å². The summed E-state index contributed by atoms with van der Waals surface area (Å²) in [6, 6.07) is 15.6. The van der Waals surface area contributed by atoms with E-state index in [1.54, 1.807) is 0 Å². The topological polar surface area (TPSA) is 67.5 Å². The molecule has 0 spiro atoms. The maximum Gasteiger partial charge on any atom is 0.257 e. The highest BCUT2D eigenvalue weighted by molar-refractivity contribution is 5.97. The van der Waals surface area contributed by atoms with E-state index in [1.807, 2.05) is 53.4 Å². The van der Waals surface area contributed by atoms with Crippen molar-refractivity contribution in [1.29, 1.82) is 0 Å². The van der Waals surface area contributed by atoms with Crippen molar-refractivity contribution in [1.82, 2.24) is 14.9 Å². The van der Waals surface area contributed by atoms with E-state index in [-0.39, 0.29) is 17.9 Å². The summed E-state index contributed by atoms with van der Waals surface area (Å²) in [6.45, 7) is 2.71. The Balaban J connectivity index is 1.31. The largest absolute Gasteiger partial charge is 0.490 e. The van der Waals surface area contributed by atoms with Gasteiger partial charge in [0, 0.05) is 25.6 Å². The smallest absolute Gasteiger partial charge is 0.257 e. The van der Waals surface area contributed by atoms with E-state index in [9.17, 15) is 4.79 Å². The first kappa shape index (κ1) is 19.1. The number of benzene rings is 2. The number of rotatable bonds is 5. The van der Waals surface area contributed by atoms with Gasteiger partial charge in [-0.25, -0.2) is 4.98 Å². The number of fused-ring (bicyclic) bond motifs is 1. The lowest BCUT2D eigenvalue weighted by atomic mass is 9.96. The molecule has 2 atom stereocenters. The Bertz CT molecular complexity index is 992. The average molecular weight is 405 g/mol. The Kier molecular flexibility index (Phi) is 5.41. The Labute approximate surface area is 176 Å². The Morgan fingerprint density at radius 3 is 2.87 bits per heavy atom. The van der Waals surface area contributed by atoms with Crippen LogP contribution in [0.15, 0.2) is 48.5 Å². The van der Waals surface area contributed by atoms with E-state index in [1.165, 1.54) is 0 Å². The molecule has 0 saturated carbocycles.